The highest BCUT2D eigenvalue weighted by Crippen LogP contribution is 2.58. The van der Waals surface area contributed by atoms with Gasteiger partial charge in [-0.2, -0.15) is 13.2 Å². The quantitative estimate of drug-likeness (QED) is 0.501. The van der Waals surface area contributed by atoms with E-state index in [1.165, 1.54) is 6.07 Å². The maximum Gasteiger partial charge on any atom is 0.433 e. The molecule has 5 rings (SSSR count). The normalized spacial score (nSPS) is 20.6. The number of aromatic nitrogens is 2. The molecule has 188 valence electrons. The molecule has 1 saturated heterocycles. The number of nitrogens with zero attached hydrogens (tertiary/aromatic N) is 2. The fraction of sp³-hybridized carbons (Fsp3) is 0.346. The molecule has 10 heteroatoms. The number of nitrogens with one attached hydrogen (secondary N) is 1. The molecule has 1 saturated carbocycles. The molecule has 1 aromatic carbocycles. The van der Waals surface area contributed by atoms with E-state index in [1.54, 1.807) is 18.2 Å². The number of rotatable bonds is 7. The molecule has 2 N–H and O–H groups in total. The third-order valence-corrected chi connectivity index (χ3v) is 6.68. The summed E-state index contributed by atoms with van der Waals surface area (Å²) in [6.07, 6.45) is -2.70. The van der Waals surface area contributed by atoms with Gasteiger partial charge in [0.1, 0.15) is 12.3 Å². The third kappa shape index (κ3) is 4.66. The average molecular weight is 499 g/mol. The highest BCUT2D eigenvalue weighted by molar-refractivity contribution is 6.04. The number of anilines is 1. The molecule has 2 unspecified atom stereocenters. The number of benzene rings is 1. The number of aliphatic hydroxyl groups excluding tert-OH is 1. The Labute approximate surface area is 205 Å². The fourth-order valence-corrected chi connectivity index (χ4v) is 4.63. The fourth-order valence-electron chi connectivity index (χ4n) is 4.63. The largest absolute Gasteiger partial charge is 0.475 e. The lowest BCUT2D eigenvalue weighted by atomic mass is 9.95. The monoisotopic (exact) mass is 499 g/mol. The molecule has 2 fully saturated rings. The summed E-state index contributed by atoms with van der Waals surface area (Å²) in [6, 6.07) is 11.0. The standard InChI is InChI=1S/C26H24F3N3O4/c1-15-2-3-19(31-24(34)16-4-5-30-22(8-16)26(27,28)29)11-20(15)17-9-21(25-12-18(25)13-35-14-25)32-23(10-17)36-7-6-33/h2-5,8-11,18,33H,6-7,12-14H2,1H3,(H,31,34). The van der Waals surface area contributed by atoms with Crippen LogP contribution < -0.4 is 10.1 Å². The number of hydrogen-bond acceptors (Lipinski definition) is 6. The number of ether oxygens (including phenoxy) is 2. The third-order valence-electron chi connectivity index (χ3n) is 6.68. The van der Waals surface area contributed by atoms with Crippen LogP contribution >= 0.6 is 0 Å². The first-order chi connectivity index (χ1) is 17.2. The molecular formula is C26H24F3N3O4. The Hall–Kier alpha value is -3.50. The molecular weight excluding hydrogens is 475 g/mol. The Kier molecular flexibility index (Phi) is 6.17. The Morgan fingerprint density at radius 1 is 1.25 bits per heavy atom. The molecule has 1 aliphatic carbocycles. The van der Waals surface area contributed by atoms with Crippen LogP contribution in [0.25, 0.3) is 11.1 Å². The van der Waals surface area contributed by atoms with Gasteiger partial charge in [-0.25, -0.2) is 4.98 Å². The molecule has 2 aromatic heterocycles. The van der Waals surface area contributed by atoms with E-state index in [-0.39, 0.29) is 24.2 Å². The van der Waals surface area contributed by atoms with Crippen LogP contribution in [0.2, 0.25) is 0 Å². The number of aryl methyl sites for hydroxylation is 1. The lowest BCUT2D eigenvalue weighted by Crippen LogP contribution is -2.15. The van der Waals surface area contributed by atoms with Crippen molar-refractivity contribution in [3.63, 3.8) is 0 Å². The topological polar surface area (TPSA) is 93.6 Å². The van der Waals surface area contributed by atoms with Crippen LogP contribution in [0.1, 0.15) is 33.7 Å². The second kappa shape index (κ2) is 9.18. The van der Waals surface area contributed by atoms with Gasteiger partial charge in [-0.3, -0.25) is 9.78 Å². The SMILES string of the molecule is Cc1ccc(NC(=O)c2ccnc(C(F)(F)F)c2)cc1-c1cc(OCCO)nc(C23COCC2C3)c1. The number of carbonyl (C=O) groups excluding carboxylic acids is 1. The molecule has 0 radical (unpaired) electrons. The van der Waals surface area contributed by atoms with Crippen LogP contribution in [0.4, 0.5) is 18.9 Å². The van der Waals surface area contributed by atoms with E-state index < -0.39 is 17.8 Å². The first kappa shape index (κ1) is 24.2. The number of pyridine rings is 2. The predicted molar refractivity (Wildman–Crippen MR) is 125 cm³/mol. The minimum Gasteiger partial charge on any atom is -0.475 e. The van der Waals surface area contributed by atoms with Gasteiger partial charge in [0.05, 0.1) is 25.5 Å². The van der Waals surface area contributed by atoms with E-state index in [0.29, 0.717) is 30.7 Å². The lowest BCUT2D eigenvalue weighted by molar-refractivity contribution is -0.141. The van der Waals surface area contributed by atoms with Crippen LogP contribution in [0, 0.1) is 12.8 Å². The smallest absolute Gasteiger partial charge is 0.433 e. The average Bonchev–Trinajstić information content (AvgIpc) is 3.43. The number of carbonyl (C=O) groups is 1. The van der Waals surface area contributed by atoms with Gasteiger partial charge in [0, 0.05) is 28.9 Å². The molecule has 7 nitrogen and oxygen atoms in total. The summed E-state index contributed by atoms with van der Waals surface area (Å²) >= 11 is 0. The molecule has 3 heterocycles. The first-order valence-electron chi connectivity index (χ1n) is 11.5. The second-order valence-corrected chi connectivity index (χ2v) is 9.14. The van der Waals surface area contributed by atoms with Gasteiger partial charge in [-0.05, 0) is 66.3 Å². The molecule has 3 aromatic rings. The Bertz CT molecular complexity index is 1310. The second-order valence-electron chi connectivity index (χ2n) is 9.14. The van der Waals surface area contributed by atoms with Crippen LogP contribution in [0.3, 0.4) is 0 Å². The molecule has 36 heavy (non-hydrogen) atoms. The summed E-state index contributed by atoms with van der Waals surface area (Å²) in [5.41, 5.74) is 2.42. The minimum atomic E-state index is -4.65. The van der Waals surface area contributed by atoms with E-state index >= 15 is 0 Å². The molecule has 0 bridgehead atoms. The van der Waals surface area contributed by atoms with E-state index in [0.717, 1.165) is 41.1 Å². The van der Waals surface area contributed by atoms with Crippen LogP contribution in [-0.4, -0.2) is 47.4 Å². The van der Waals surface area contributed by atoms with Gasteiger partial charge in [0.25, 0.3) is 5.91 Å². The highest BCUT2D eigenvalue weighted by Gasteiger charge is 2.60. The van der Waals surface area contributed by atoms with Gasteiger partial charge in [-0.15, -0.1) is 0 Å². The van der Waals surface area contributed by atoms with Crippen molar-refractivity contribution in [2.45, 2.75) is 24.9 Å². The number of halogens is 3. The van der Waals surface area contributed by atoms with Crippen molar-refractivity contribution < 1.29 is 32.5 Å². The van der Waals surface area contributed by atoms with Gasteiger partial charge in [0.15, 0.2) is 0 Å². The van der Waals surface area contributed by atoms with Gasteiger partial charge < -0.3 is 19.9 Å². The molecule has 2 aliphatic rings. The Morgan fingerprint density at radius 2 is 2.08 bits per heavy atom. The Balaban J connectivity index is 1.46. The zero-order chi connectivity index (χ0) is 25.5. The van der Waals surface area contributed by atoms with E-state index in [2.05, 4.69) is 15.3 Å². The maximum absolute atomic E-state index is 13.0. The summed E-state index contributed by atoms with van der Waals surface area (Å²) in [4.78, 5) is 20.7. The van der Waals surface area contributed by atoms with E-state index in [9.17, 15) is 23.1 Å². The minimum absolute atomic E-state index is 0.101. The van der Waals surface area contributed by atoms with Crippen molar-refractivity contribution in [1.29, 1.82) is 0 Å². The number of alkyl halides is 3. The summed E-state index contributed by atoms with van der Waals surface area (Å²) in [5, 5.41) is 11.9. The van der Waals surface area contributed by atoms with Crippen LogP contribution in [-0.2, 0) is 16.3 Å². The number of amides is 1. The van der Waals surface area contributed by atoms with Gasteiger partial charge in [0.2, 0.25) is 5.88 Å². The molecule has 0 spiro atoms. The first-order valence-corrected chi connectivity index (χ1v) is 11.5. The summed E-state index contributed by atoms with van der Waals surface area (Å²) in [6.45, 7) is 3.16. The summed E-state index contributed by atoms with van der Waals surface area (Å²) in [5.74, 6) is 0.122. The number of hydrogen-bond donors (Lipinski definition) is 2. The highest BCUT2D eigenvalue weighted by atomic mass is 19.4. The molecule has 1 amide bonds. The van der Waals surface area contributed by atoms with Crippen LogP contribution in [0.5, 0.6) is 5.88 Å². The van der Waals surface area contributed by atoms with Crippen molar-refractivity contribution in [2.75, 3.05) is 31.7 Å². The lowest BCUT2D eigenvalue weighted by Gasteiger charge is -2.17. The summed E-state index contributed by atoms with van der Waals surface area (Å²) in [7, 11) is 0. The van der Waals surface area contributed by atoms with Crippen molar-refractivity contribution in [1.82, 2.24) is 9.97 Å². The maximum atomic E-state index is 13.0. The zero-order valence-corrected chi connectivity index (χ0v) is 19.4. The van der Waals surface area contributed by atoms with Crippen molar-refractivity contribution in [2.24, 2.45) is 5.92 Å². The molecule has 2 atom stereocenters. The van der Waals surface area contributed by atoms with Crippen molar-refractivity contribution >= 4 is 11.6 Å². The number of aliphatic hydroxyl groups is 1. The Morgan fingerprint density at radius 3 is 2.78 bits per heavy atom. The number of fused-ring (bicyclic) bond motifs is 1. The van der Waals surface area contributed by atoms with Gasteiger partial charge in [-0.1, -0.05) is 6.07 Å². The van der Waals surface area contributed by atoms with E-state index in [4.69, 9.17) is 9.47 Å². The zero-order valence-electron chi connectivity index (χ0n) is 19.4. The van der Waals surface area contributed by atoms with Crippen LogP contribution in [0.15, 0.2) is 48.7 Å². The van der Waals surface area contributed by atoms with E-state index in [1.807, 2.05) is 19.1 Å². The van der Waals surface area contributed by atoms with Crippen molar-refractivity contribution in [3.8, 4) is 17.0 Å². The summed E-state index contributed by atoms with van der Waals surface area (Å²) < 4.78 is 50.3. The van der Waals surface area contributed by atoms with Gasteiger partial charge >= 0.3 is 6.18 Å². The predicted octanol–water partition coefficient (Wildman–Crippen LogP) is 4.38. The molecule has 1 aliphatic heterocycles. The van der Waals surface area contributed by atoms with Crippen molar-refractivity contribution in [3.05, 3.63) is 71.2 Å².